The van der Waals surface area contributed by atoms with Gasteiger partial charge in [0.05, 0.1) is 0 Å². The Morgan fingerprint density at radius 1 is 1.35 bits per heavy atom. The standard InChI is InChI=1S/C17H28N2O/c1-17(2,9-5-11-20)13-19-16-8-10-18-12-14-6-3-4-7-15(14)16/h3-4,6-7,16,18-20H,5,8-13H2,1-2H3. The van der Waals surface area contributed by atoms with Gasteiger partial charge >= 0.3 is 0 Å². The van der Waals surface area contributed by atoms with Crippen LogP contribution in [-0.4, -0.2) is 24.8 Å². The monoisotopic (exact) mass is 276 g/mol. The summed E-state index contributed by atoms with van der Waals surface area (Å²) in [7, 11) is 0. The summed E-state index contributed by atoms with van der Waals surface area (Å²) in [5.74, 6) is 0. The zero-order valence-corrected chi connectivity index (χ0v) is 12.8. The largest absolute Gasteiger partial charge is 0.396 e. The van der Waals surface area contributed by atoms with Gasteiger partial charge in [-0.3, -0.25) is 0 Å². The summed E-state index contributed by atoms with van der Waals surface area (Å²) in [4.78, 5) is 0. The number of hydrogen-bond donors (Lipinski definition) is 3. The van der Waals surface area contributed by atoms with Crippen molar-refractivity contribution >= 4 is 0 Å². The predicted octanol–water partition coefficient (Wildman–Crippen LogP) is 2.61. The minimum absolute atomic E-state index is 0.234. The quantitative estimate of drug-likeness (QED) is 0.748. The third kappa shape index (κ3) is 4.30. The topological polar surface area (TPSA) is 44.3 Å². The smallest absolute Gasteiger partial charge is 0.0431 e. The molecule has 0 fully saturated rings. The number of hydrogen-bond acceptors (Lipinski definition) is 3. The summed E-state index contributed by atoms with van der Waals surface area (Å²) in [5.41, 5.74) is 3.09. The SMILES string of the molecule is CC(C)(CCCO)CNC1CCNCc2ccccc21. The molecule has 1 atom stereocenters. The summed E-state index contributed by atoms with van der Waals surface area (Å²) >= 11 is 0. The van der Waals surface area contributed by atoms with E-state index in [0.29, 0.717) is 12.6 Å². The van der Waals surface area contributed by atoms with Crippen molar-refractivity contribution in [2.24, 2.45) is 5.41 Å². The minimum atomic E-state index is 0.234. The summed E-state index contributed by atoms with van der Waals surface area (Å²) in [6.45, 7) is 7.87. The van der Waals surface area contributed by atoms with Gasteiger partial charge in [-0.25, -0.2) is 0 Å². The van der Waals surface area contributed by atoms with Crippen LogP contribution in [0.3, 0.4) is 0 Å². The van der Waals surface area contributed by atoms with Gasteiger partial charge in [-0.2, -0.15) is 0 Å². The van der Waals surface area contributed by atoms with E-state index in [-0.39, 0.29) is 5.41 Å². The molecule has 0 saturated heterocycles. The minimum Gasteiger partial charge on any atom is -0.396 e. The van der Waals surface area contributed by atoms with Gasteiger partial charge < -0.3 is 15.7 Å². The van der Waals surface area contributed by atoms with E-state index in [4.69, 9.17) is 5.11 Å². The fraction of sp³-hybridized carbons (Fsp3) is 0.647. The van der Waals surface area contributed by atoms with Crippen LogP contribution in [0, 0.1) is 5.41 Å². The molecule has 1 unspecified atom stereocenters. The molecule has 0 aromatic heterocycles. The van der Waals surface area contributed by atoms with E-state index in [2.05, 4.69) is 48.7 Å². The van der Waals surface area contributed by atoms with E-state index < -0.39 is 0 Å². The molecule has 3 nitrogen and oxygen atoms in total. The lowest BCUT2D eigenvalue weighted by molar-refractivity contribution is 0.231. The van der Waals surface area contributed by atoms with Crippen molar-refractivity contribution in [3.05, 3.63) is 35.4 Å². The first-order valence-corrected chi connectivity index (χ1v) is 7.75. The zero-order valence-electron chi connectivity index (χ0n) is 12.8. The molecule has 1 aliphatic heterocycles. The number of aliphatic hydroxyl groups is 1. The van der Waals surface area contributed by atoms with Gasteiger partial charge in [-0.1, -0.05) is 38.1 Å². The van der Waals surface area contributed by atoms with Gasteiger partial charge in [0, 0.05) is 25.7 Å². The predicted molar refractivity (Wildman–Crippen MR) is 83.6 cm³/mol. The molecule has 1 aromatic rings. The third-order valence-corrected chi connectivity index (χ3v) is 4.19. The van der Waals surface area contributed by atoms with Gasteiger partial charge in [-0.05, 0) is 42.3 Å². The van der Waals surface area contributed by atoms with Gasteiger partial charge in [0.2, 0.25) is 0 Å². The Hall–Kier alpha value is -0.900. The Balaban J connectivity index is 1.99. The molecule has 3 heteroatoms. The maximum atomic E-state index is 8.99. The van der Waals surface area contributed by atoms with Crippen LogP contribution in [0.1, 0.15) is 50.3 Å². The van der Waals surface area contributed by atoms with Crippen LogP contribution in [0.15, 0.2) is 24.3 Å². The van der Waals surface area contributed by atoms with Crippen molar-refractivity contribution in [1.29, 1.82) is 0 Å². The third-order valence-electron chi connectivity index (χ3n) is 4.19. The van der Waals surface area contributed by atoms with E-state index in [1.165, 1.54) is 11.1 Å². The highest BCUT2D eigenvalue weighted by Gasteiger charge is 2.22. The van der Waals surface area contributed by atoms with Gasteiger partial charge in [0.1, 0.15) is 0 Å². The van der Waals surface area contributed by atoms with E-state index >= 15 is 0 Å². The molecular formula is C17H28N2O. The van der Waals surface area contributed by atoms with Crippen LogP contribution in [0.25, 0.3) is 0 Å². The van der Waals surface area contributed by atoms with Crippen LogP contribution >= 0.6 is 0 Å². The maximum absolute atomic E-state index is 8.99. The van der Waals surface area contributed by atoms with Crippen LogP contribution in [0.5, 0.6) is 0 Å². The van der Waals surface area contributed by atoms with Crippen LogP contribution in [-0.2, 0) is 6.54 Å². The van der Waals surface area contributed by atoms with Crippen molar-refractivity contribution in [3.8, 4) is 0 Å². The molecule has 20 heavy (non-hydrogen) atoms. The molecule has 3 N–H and O–H groups in total. The second-order valence-electron chi connectivity index (χ2n) is 6.59. The van der Waals surface area contributed by atoms with Crippen molar-refractivity contribution in [2.75, 3.05) is 19.7 Å². The van der Waals surface area contributed by atoms with Gasteiger partial charge in [-0.15, -0.1) is 0 Å². The van der Waals surface area contributed by atoms with Crippen LogP contribution in [0.2, 0.25) is 0 Å². The fourth-order valence-corrected chi connectivity index (χ4v) is 2.92. The number of nitrogens with one attached hydrogen (secondary N) is 2. The second kappa shape index (κ2) is 7.21. The first kappa shape index (κ1) is 15.5. The lowest BCUT2D eigenvalue weighted by Crippen LogP contribution is -2.33. The first-order valence-electron chi connectivity index (χ1n) is 7.75. The Bertz CT molecular complexity index is 417. The summed E-state index contributed by atoms with van der Waals surface area (Å²) in [6.07, 6.45) is 3.08. The fourth-order valence-electron chi connectivity index (χ4n) is 2.92. The summed E-state index contributed by atoms with van der Waals surface area (Å²) < 4.78 is 0. The molecule has 1 heterocycles. The molecule has 0 bridgehead atoms. The highest BCUT2D eigenvalue weighted by Crippen LogP contribution is 2.26. The van der Waals surface area contributed by atoms with E-state index in [9.17, 15) is 0 Å². The molecule has 2 rings (SSSR count). The van der Waals surface area contributed by atoms with Crippen molar-refractivity contribution in [3.63, 3.8) is 0 Å². The molecule has 0 aliphatic carbocycles. The molecule has 1 aromatic carbocycles. The average Bonchev–Trinajstić information content (AvgIpc) is 2.65. The highest BCUT2D eigenvalue weighted by atomic mass is 16.2. The van der Waals surface area contributed by atoms with E-state index in [1.807, 2.05) is 0 Å². The van der Waals surface area contributed by atoms with E-state index in [1.54, 1.807) is 0 Å². The molecule has 1 aliphatic rings. The number of benzene rings is 1. The van der Waals surface area contributed by atoms with E-state index in [0.717, 1.165) is 38.9 Å². The highest BCUT2D eigenvalue weighted by molar-refractivity contribution is 5.31. The zero-order chi connectivity index (χ0) is 14.4. The van der Waals surface area contributed by atoms with Crippen molar-refractivity contribution in [2.45, 2.75) is 45.7 Å². The summed E-state index contributed by atoms with van der Waals surface area (Å²) in [5, 5.41) is 16.2. The normalized spacial score (nSPS) is 19.4. The Kier molecular flexibility index (Phi) is 5.58. The molecular weight excluding hydrogens is 248 g/mol. The Labute approximate surface area is 122 Å². The number of aliphatic hydroxyl groups excluding tert-OH is 1. The maximum Gasteiger partial charge on any atom is 0.0431 e. The molecule has 0 spiro atoms. The van der Waals surface area contributed by atoms with Gasteiger partial charge in [0.25, 0.3) is 0 Å². The van der Waals surface area contributed by atoms with Gasteiger partial charge in [0.15, 0.2) is 0 Å². The van der Waals surface area contributed by atoms with Crippen molar-refractivity contribution in [1.82, 2.24) is 10.6 Å². The van der Waals surface area contributed by atoms with Crippen LogP contribution in [0.4, 0.5) is 0 Å². The molecule has 0 radical (unpaired) electrons. The first-order chi connectivity index (χ1) is 9.62. The number of rotatable bonds is 6. The Morgan fingerprint density at radius 2 is 2.15 bits per heavy atom. The second-order valence-corrected chi connectivity index (χ2v) is 6.59. The van der Waals surface area contributed by atoms with Crippen molar-refractivity contribution < 1.29 is 5.11 Å². The molecule has 112 valence electrons. The molecule has 0 amide bonds. The Morgan fingerprint density at radius 3 is 2.95 bits per heavy atom. The lowest BCUT2D eigenvalue weighted by atomic mass is 9.87. The lowest BCUT2D eigenvalue weighted by Gasteiger charge is -2.28. The van der Waals surface area contributed by atoms with Crippen LogP contribution < -0.4 is 10.6 Å². The number of fused-ring (bicyclic) bond motifs is 1. The average molecular weight is 276 g/mol. The molecule has 0 saturated carbocycles. The summed E-state index contributed by atoms with van der Waals surface area (Å²) in [6, 6.07) is 9.17.